The molecule has 0 saturated carbocycles. The largest absolute Gasteiger partial charge is 0.375 e. The van der Waals surface area contributed by atoms with Gasteiger partial charge in [0.05, 0.1) is 10.5 Å². The fraction of sp³-hybridized carbons (Fsp3) is 0.600. The van der Waals surface area contributed by atoms with Gasteiger partial charge in [0.1, 0.15) is 0 Å². The van der Waals surface area contributed by atoms with Crippen molar-refractivity contribution in [2.45, 2.75) is 44.2 Å². The van der Waals surface area contributed by atoms with Gasteiger partial charge in [-0.05, 0) is 52.4 Å². The minimum absolute atomic E-state index is 0.187. The van der Waals surface area contributed by atoms with Crippen molar-refractivity contribution in [3.05, 3.63) is 29.8 Å². The van der Waals surface area contributed by atoms with E-state index < -0.39 is 15.6 Å². The Bertz CT molecular complexity index is 539. The van der Waals surface area contributed by atoms with Crippen LogP contribution in [0.25, 0.3) is 0 Å². The van der Waals surface area contributed by atoms with Gasteiger partial charge in [0.2, 0.25) is 10.0 Å². The van der Waals surface area contributed by atoms with E-state index in [2.05, 4.69) is 10.0 Å². The summed E-state index contributed by atoms with van der Waals surface area (Å²) in [5.41, 5.74) is 0.522. The Hall–Kier alpha value is -0.950. The Morgan fingerprint density at radius 2 is 1.81 bits per heavy atom. The fourth-order valence-electron chi connectivity index (χ4n) is 1.90. The smallest absolute Gasteiger partial charge is 0.240 e. The van der Waals surface area contributed by atoms with Crippen LogP contribution in [-0.4, -0.2) is 34.2 Å². The number of hydrogen-bond donors (Lipinski definition) is 2. The molecule has 0 aliphatic rings. The Balaban J connectivity index is 2.79. The molecule has 0 bridgehead atoms. The first-order valence-electron chi connectivity index (χ1n) is 7.12. The van der Waals surface area contributed by atoms with E-state index in [9.17, 15) is 8.42 Å². The van der Waals surface area contributed by atoms with Crippen molar-refractivity contribution in [2.75, 3.05) is 20.2 Å². The number of ether oxygens (including phenoxy) is 1. The van der Waals surface area contributed by atoms with Crippen LogP contribution in [0.1, 0.15) is 39.3 Å². The third kappa shape index (κ3) is 5.39. The molecule has 0 saturated heterocycles. The summed E-state index contributed by atoms with van der Waals surface area (Å²) in [6.45, 7) is 8.40. The van der Waals surface area contributed by atoms with E-state index in [4.69, 9.17) is 4.74 Å². The molecule has 21 heavy (non-hydrogen) atoms. The minimum Gasteiger partial charge on any atom is -0.375 e. The molecule has 1 aromatic carbocycles. The number of benzene rings is 1. The van der Waals surface area contributed by atoms with Gasteiger partial charge in [0.15, 0.2) is 0 Å². The molecule has 0 aromatic heterocycles. The van der Waals surface area contributed by atoms with Crippen molar-refractivity contribution >= 4 is 10.0 Å². The molecule has 0 spiro atoms. The average molecular weight is 314 g/mol. The molecule has 5 nitrogen and oxygen atoms in total. The van der Waals surface area contributed by atoms with Crippen molar-refractivity contribution in [2.24, 2.45) is 0 Å². The van der Waals surface area contributed by atoms with E-state index >= 15 is 0 Å². The summed E-state index contributed by atoms with van der Waals surface area (Å²) in [4.78, 5) is 0.266. The first-order valence-corrected chi connectivity index (χ1v) is 8.61. The summed E-state index contributed by atoms with van der Waals surface area (Å²) >= 11 is 0. The summed E-state index contributed by atoms with van der Waals surface area (Å²) in [5.74, 6) is 0. The summed E-state index contributed by atoms with van der Waals surface area (Å²) in [5, 5.41) is 3.12. The molecule has 0 radical (unpaired) electrons. The number of sulfonamides is 1. The van der Waals surface area contributed by atoms with Gasteiger partial charge in [-0.3, -0.25) is 0 Å². The SMILES string of the molecule is CCOC(C)(C)CNS(=O)(=O)c1ccc(C(C)NC)cc1. The lowest BCUT2D eigenvalue weighted by Crippen LogP contribution is -2.40. The predicted molar refractivity (Wildman–Crippen MR) is 84.8 cm³/mol. The van der Waals surface area contributed by atoms with Crippen LogP contribution in [0.2, 0.25) is 0 Å². The van der Waals surface area contributed by atoms with E-state index in [1.165, 1.54) is 0 Å². The molecule has 0 amide bonds. The summed E-state index contributed by atoms with van der Waals surface area (Å²) < 4.78 is 32.6. The lowest BCUT2D eigenvalue weighted by Gasteiger charge is -2.24. The number of nitrogens with one attached hydrogen (secondary N) is 2. The maximum absolute atomic E-state index is 12.3. The predicted octanol–water partition coefficient (Wildman–Crippen LogP) is 2.06. The van der Waals surface area contributed by atoms with E-state index in [0.29, 0.717) is 6.61 Å². The molecule has 2 N–H and O–H groups in total. The summed E-state index contributed by atoms with van der Waals surface area (Å²) in [7, 11) is -1.64. The summed E-state index contributed by atoms with van der Waals surface area (Å²) in [6.07, 6.45) is 0. The van der Waals surface area contributed by atoms with E-state index in [0.717, 1.165) is 5.56 Å². The highest BCUT2D eigenvalue weighted by Gasteiger charge is 2.22. The molecule has 0 heterocycles. The standard InChI is InChI=1S/C15H26N2O3S/c1-6-20-15(3,4)11-17-21(18,19)14-9-7-13(8-10-14)12(2)16-5/h7-10,12,16-17H,6,11H2,1-5H3. The summed E-state index contributed by atoms with van der Waals surface area (Å²) in [6, 6.07) is 7.08. The van der Waals surface area contributed by atoms with Gasteiger partial charge in [-0.25, -0.2) is 13.1 Å². The van der Waals surface area contributed by atoms with Crippen LogP contribution < -0.4 is 10.0 Å². The van der Waals surface area contributed by atoms with Gasteiger partial charge in [0.25, 0.3) is 0 Å². The first-order chi connectivity index (χ1) is 9.72. The molecular formula is C15H26N2O3S. The van der Waals surface area contributed by atoms with Crippen LogP contribution in [0.5, 0.6) is 0 Å². The van der Waals surface area contributed by atoms with Crippen LogP contribution >= 0.6 is 0 Å². The monoisotopic (exact) mass is 314 g/mol. The van der Waals surface area contributed by atoms with Gasteiger partial charge in [-0.1, -0.05) is 12.1 Å². The van der Waals surface area contributed by atoms with Crippen molar-refractivity contribution in [1.82, 2.24) is 10.0 Å². The second kappa shape index (κ2) is 7.35. The molecule has 1 aromatic rings. The molecule has 1 unspecified atom stereocenters. The van der Waals surface area contributed by atoms with Crippen molar-refractivity contribution < 1.29 is 13.2 Å². The minimum atomic E-state index is -3.51. The zero-order valence-electron chi connectivity index (χ0n) is 13.4. The Morgan fingerprint density at radius 3 is 2.29 bits per heavy atom. The Morgan fingerprint density at radius 1 is 1.24 bits per heavy atom. The third-order valence-electron chi connectivity index (χ3n) is 3.35. The van der Waals surface area contributed by atoms with Crippen LogP contribution in [-0.2, 0) is 14.8 Å². The highest BCUT2D eigenvalue weighted by molar-refractivity contribution is 7.89. The van der Waals surface area contributed by atoms with Crippen LogP contribution in [0.4, 0.5) is 0 Å². The van der Waals surface area contributed by atoms with Gasteiger partial charge in [0, 0.05) is 19.2 Å². The van der Waals surface area contributed by atoms with Crippen LogP contribution in [0, 0.1) is 0 Å². The van der Waals surface area contributed by atoms with Crippen LogP contribution in [0.15, 0.2) is 29.2 Å². The van der Waals surface area contributed by atoms with Gasteiger partial charge >= 0.3 is 0 Å². The molecule has 6 heteroatoms. The number of hydrogen-bond acceptors (Lipinski definition) is 4. The molecule has 0 fully saturated rings. The van der Waals surface area contributed by atoms with Gasteiger partial charge in [-0.2, -0.15) is 0 Å². The van der Waals surface area contributed by atoms with Gasteiger partial charge in [-0.15, -0.1) is 0 Å². The second-order valence-electron chi connectivity index (χ2n) is 5.60. The lowest BCUT2D eigenvalue weighted by atomic mass is 10.1. The Labute approximate surface area is 128 Å². The molecule has 0 aliphatic carbocycles. The zero-order chi connectivity index (χ0) is 16.1. The maximum atomic E-state index is 12.3. The maximum Gasteiger partial charge on any atom is 0.240 e. The normalized spacial score (nSPS) is 14.1. The average Bonchev–Trinajstić information content (AvgIpc) is 2.45. The molecule has 0 aliphatic heterocycles. The third-order valence-corrected chi connectivity index (χ3v) is 4.76. The van der Waals surface area contributed by atoms with E-state index in [-0.39, 0.29) is 17.5 Å². The van der Waals surface area contributed by atoms with Crippen molar-refractivity contribution in [3.63, 3.8) is 0 Å². The fourth-order valence-corrected chi connectivity index (χ4v) is 3.09. The quantitative estimate of drug-likeness (QED) is 0.771. The van der Waals surface area contributed by atoms with Crippen molar-refractivity contribution in [1.29, 1.82) is 0 Å². The first kappa shape index (κ1) is 18.1. The van der Waals surface area contributed by atoms with Crippen LogP contribution in [0.3, 0.4) is 0 Å². The van der Waals surface area contributed by atoms with Gasteiger partial charge < -0.3 is 10.1 Å². The highest BCUT2D eigenvalue weighted by Crippen LogP contribution is 2.16. The topological polar surface area (TPSA) is 67.4 Å². The molecular weight excluding hydrogens is 288 g/mol. The molecule has 120 valence electrons. The second-order valence-corrected chi connectivity index (χ2v) is 7.36. The highest BCUT2D eigenvalue weighted by atomic mass is 32.2. The van der Waals surface area contributed by atoms with Crippen molar-refractivity contribution in [3.8, 4) is 0 Å². The van der Waals surface area contributed by atoms with E-state index in [1.54, 1.807) is 12.1 Å². The molecule has 1 rings (SSSR count). The number of rotatable bonds is 8. The Kier molecular flexibility index (Phi) is 6.34. The zero-order valence-corrected chi connectivity index (χ0v) is 14.3. The van der Waals surface area contributed by atoms with E-state index in [1.807, 2.05) is 46.9 Å². The molecule has 1 atom stereocenters. The lowest BCUT2D eigenvalue weighted by molar-refractivity contribution is -0.00515.